The van der Waals surface area contributed by atoms with E-state index in [0.717, 1.165) is 4.57 Å². The van der Waals surface area contributed by atoms with E-state index in [0.29, 0.717) is 26.4 Å². The van der Waals surface area contributed by atoms with Gasteiger partial charge < -0.3 is 9.88 Å². The molecule has 23 heavy (non-hydrogen) atoms. The van der Waals surface area contributed by atoms with E-state index in [2.05, 4.69) is 15.5 Å². The second-order valence-electron chi connectivity index (χ2n) is 4.82. The van der Waals surface area contributed by atoms with Crippen LogP contribution in [0.1, 0.15) is 21.7 Å². The van der Waals surface area contributed by atoms with Crippen LogP contribution in [0.3, 0.4) is 0 Å². The van der Waals surface area contributed by atoms with E-state index in [9.17, 15) is 18.0 Å². The minimum Gasteiger partial charge on any atom is -0.363 e. The normalized spacial score (nSPS) is 11.7. The Balaban J connectivity index is 2.09. The number of aromatic nitrogens is 3. The molecule has 0 bridgehead atoms. The number of ketones is 1. The lowest BCUT2D eigenvalue weighted by molar-refractivity contribution is -0.141. The van der Waals surface area contributed by atoms with Crippen LogP contribution in [-0.4, -0.2) is 39.5 Å². The third-order valence-electron chi connectivity index (χ3n) is 3.16. The van der Waals surface area contributed by atoms with Gasteiger partial charge in [-0.2, -0.15) is 13.2 Å². The summed E-state index contributed by atoms with van der Waals surface area (Å²) in [5.41, 5.74) is 1.07. The molecular formula is C13H15F3N4OS2. The van der Waals surface area contributed by atoms with E-state index in [1.807, 2.05) is 0 Å². The van der Waals surface area contributed by atoms with Crippen LogP contribution in [0.25, 0.3) is 0 Å². The van der Waals surface area contributed by atoms with Gasteiger partial charge in [-0.05, 0) is 19.9 Å². The van der Waals surface area contributed by atoms with Gasteiger partial charge in [-0.1, -0.05) is 23.1 Å². The highest BCUT2D eigenvalue weighted by molar-refractivity contribution is 8.01. The fourth-order valence-electron chi connectivity index (χ4n) is 2.08. The maximum Gasteiger partial charge on any atom is 0.406 e. The highest BCUT2D eigenvalue weighted by Gasteiger charge is 2.30. The first-order chi connectivity index (χ1) is 10.7. The average Bonchev–Trinajstić information content (AvgIpc) is 3.03. The second kappa shape index (κ2) is 6.91. The SMILES string of the molecule is CNc1nnc(SCC(=O)c2cc(C)n(CC(F)(F)F)c2C)s1. The molecule has 2 aromatic rings. The van der Waals surface area contributed by atoms with Gasteiger partial charge in [0.15, 0.2) is 10.1 Å². The molecule has 0 spiro atoms. The van der Waals surface area contributed by atoms with Crippen LogP contribution in [0.15, 0.2) is 10.4 Å². The minimum atomic E-state index is -4.32. The third kappa shape index (κ3) is 4.47. The Morgan fingerprint density at radius 2 is 2.09 bits per heavy atom. The molecule has 0 aliphatic rings. The highest BCUT2D eigenvalue weighted by atomic mass is 32.2. The molecule has 2 heterocycles. The summed E-state index contributed by atoms with van der Waals surface area (Å²) in [5, 5.41) is 11.3. The third-order valence-corrected chi connectivity index (χ3v) is 5.23. The molecule has 0 saturated carbocycles. The van der Waals surface area contributed by atoms with Crippen molar-refractivity contribution in [2.24, 2.45) is 0 Å². The Morgan fingerprint density at radius 1 is 1.39 bits per heavy atom. The van der Waals surface area contributed by atoms with E-state index in [1.54, 1.807) is 14.0 Å². The molecule has 0 radical (unpaired) electrons. The minimum absolute atomic E-state index is 0.106. The van der Waals surface area contributed by atoms with E-state index >= 15 is 0 Å². The van der Waals surface area contributed by atoms with Crippen LogP contribution >= 0.6 is 23.1 Å². The number of carbonyl (C=O) groups is 1. The van der Waals surface area contributed by atoms with Crippen molar-refractivity contribution >= 4 is 34.0 Å². The monoisotopic (exact) mass is 364 g/mol. The topological polar surface area (TPSA) is 59.8 Å². The number of carbonyl (C=O) groups excluding carboxylic acids is 1. The van der Waals surface area contributed by atoms with Gasteiger partial charge in [0.2, 0.25) is 5.13 Å². The highest BCUT2D eigenvalue weighted by Crippen LogP contribution is 2.27. The number of nitrogens with one attached hydrogen (secondary N) is 1. The lowest BCUT2D eigenvalue weighted by atomic mass is 10.2. The van der Waals surface area contributed by atoms with Crippen molar-refractivity contribution < 1.29 is 18.0 Å². The summed E-state index contributed by atoms with van der Waals surface area (Å²) in [5.74, 6) is -0.119. The van der Waals surface area contributed by atoms with Crippen molar-refractivity contribution in [1.29, 1.82) is 0 Å². The molecule has 0 saturated heterocycles. The number of anilines is 1. The Morgan fingerprint density at radius 3 is 2.65 bits per heavy atom. The van der Waals surface area contributed by atoms with Crippen molar-refractivity contribution in [2.75, 3.05) is 18.1 Å². The zero-order chi connectivity index (χ0) is 17.2. The average molecular weight is 364 g/mol. The number of thioether (sulfide) groups is 1. The standard InChI is InChI=1S/C13H15F3N4OS2/c1-7-4-9(8(2)20(7)6-13(14,15)16)10(21)5-22-12-19-18-11(17-3)23-12/h4H,5-6H2,1-3H3,(H,17,18). The Kier molecular flexibility index (Phi) is 5.35. The van der Waals surface area contributed by atoms with Gasteiger partial charge in [0.25, 0.3) is 0 Å². The largest absolute Gasteiger partial charge is 0.406 e. The molecule has 0 aliphatic carbocycles. The lowest BCUT2D eigenvalue weighted by Crippen LogP contribution is -2.19. The molecule has 0 fully saturated rings. The van der Waals surface area contributed by atoms with E-state index in [1.165, 1.54) is 36.1 Å². The molecule has 2 aromatic heterocycles. The molecule has 0 atom stereocenters. The van der Waals surface area contributed by atoms with E-state index in [-0.39, 0.29) is 11.5 Å². The number of hydrogen-bond acceptors (Lipinski definition) is 6. The van der Waals surface area contributed by atoms with Crippen LogP contribution in [0, 0.1) is 13.8 Å². The van der Waals surface area contributed by atoms with Crippen LogP contribution in [0.5, 0.6) is 0 Å². The van der Waals surface area contributed by atoms with E-state index < -0.39 is 12.7 Å². The molecule has 1 N–H and O–H groups in total. The number of alkyl halides is 3. The first-order valence-corrected chi connectivity index (χ1v) is 8.42. The van der Waals surface area contributed by atoms with Crippen LogP contribution < -0.4 is 5.32 Å². The maximum atomic E-state index is 12.6. The van der Waals surface area contributed by atoms with Crippen molar-refractivity contribution in [1.82, 2.24) is 14.8 Å². The fraction of sp³-hybridized carbons (Fsp3) is 0.462. The van der Waals surface area contributed by atoms with Crippen molar-refractivity contribution in [2.45, 2.75) is 30.9 Å². The Hall–Kier alpha value is -1.55. The first-order valence-electron chi connectivity index (χ1n) is 6.62. The van der Waals surface area contributed by atoms with Crippen molar-refractivity contribution in [3.05, 3.63) is 23.0 Å². The molecule has 126 valence electrons. The number of hydrogen-bond donors (Lipinski definition) is 1. The number of rotatable bonds is 6. The van der Waals surface area contributed by atoms with Gasteiger partial charge in [-0.3, -0.25) is 4.79 Å². The summed E-state index contributed by atoms with van der Waals surface area (Å²) in [6, 6.07) is 1.50. The molecule has 10 heteroatoms. The molecule has 0 unspecified atom stereocenters. The molecule has 0 amide bonds. The predicted molar refractivity (Wildman–Crippen MR) is 84.5 cm³/mol. The summed E-state index contributed by atoms with van der Waals surface area (Å²) in [7, 11) is 1.72. The molecule has 0 aliphatic heterocycles. The zero-order valence-electron chi connectivity index (χ0n) is 12.7. The summed E-state index contributed by atoms with van der Waals surface area (Å²) >= 11 is 2.53. The summed E-state index contributed by atoms with van der Waals surface area (Å²) in [6.45, 7) is 2.00. The van der Waals surface area contributed by atoms with E-state index in [4.69, 9.17) is 0 Å². The molecule has 0 aromatic carbocycles. The van der Waals surface area contributed by atoms with Gasteiger partial charge in [-0.15, -0.1) is 10.2 Å². The first kappa shape index (κ1) is 17.8. The molecular weight excluding hydrogens is 349 g/mol. The molecule has 2 rings (SSSR count). The van der Waals surface area contributed by atoms with Crippen LogP contribution in [-0.2, 0) is 6.54 Å². The van der Waals surface area contributed by atoms with Gasteiger partial charge >= 0.3 is 6.18 Å². The summed E-state index contributed by atoms with van der Waals surface area (Å²) in [4.78, 5) is 12.3. The number of aryl methyl sites for hydroxylation is 1. The zero-order valence-corrected chi connectivity index (χ0v) is 14.3. The van der Waals surface area contributed by atoms with Gasteiger partial charge in [0, 0.05) is 24.0 Å². The predicted octanol–water partition coefficient (Wildman–Crippen LogP) is 3.54. The molecule has 5 nitrogen and oxygen atoms in total. The number of Topliss-reactive ketones (excluding diaryl/α,β-unsaturated/α-hetero) is 1. The smallest absolute Gasteiger partial charge is 0.363 e. The van der Waals surface area contributed by atoms with Crippen molar-refractivity contribution in [3.63, 3.8) is 0 Å². The summed E-state index contributed by atoms with van der Waals surface area (Å²) < 4.78 is 39.5. The quantitative estimate of drug-likeness (QED) is 0.628. The van der Waals surface area contributed by atoms with Gasteiger partial charge in [0.1, 0.15) is 6.54 Å². The maximum absolute atomic E-state index is 12.6. The van der Waals surface area contributed by atoms with Crippen LogP contribution in [0.2, 0.25) is 0 Å². The van der Waals surface area contributed by atoms with Gasteiger partial charge in [-0.25, -0.2) is 0 Å². The number of nitrogens with zero attached hydrogens (tertiary/aromatic N) is 3. The Bertz CT molecular complexity index is 709. The number of halogens is 3. The van der Waals surface area contributed by atoms with Gasteiger partial charge in [0.05, 0.1) is 5.75 Å². The summed E-state index contributed by atoms with van der Waals surface area (Å²) in [6.07, 6.45) is -4.32. The Labute approximate surface area is 139 Å². The van der Waals surface area contributed by atoms with Crippen molar-refractivity contribution in [3.8, 4) is 0 Å². The second-order valence-corrected chi connectivity index (χ2v) is 7.02. The van der Waals surface area contributed by atoms with Crippen LogP contribution in [0.4, 0.5) is 18.3 Å². The fourth-order valence-corrected chi connectivity index (χ4v) is 3.67. The lowest BCUT2D eigenvalue weighted by Gasteiger charge is -2.12.